The van der Waals surface area contributed by atoms with Gasteiger partial charge in [0.15, 0.2) is 0 Å². The highest BCUT2D eigenvalue weighted by Crippen LogP contribution is 2.18. The molecule has 1 aromatic heterocycles. The molecule has 0 radical (unpaired) electrons. The molecular formula is C13H12IN3O3. The lowest BCUT2D eigenvalue weighted by Crippen LogP contribution is -2.25. The highest BCUT2D eigenvalue weighted by molar-refractivity contribution is 14.1. The van der Waals surface area contributed by atoms with Crippen LogP contribution in [0.4, 0.5) is 5.69 Å². The number of nitrogens with zero attached hydrogens (tertiary/aromatic N) is 3. The fraction of sp³-hybridized carbons (Fsp3) is 0.231. The van der Waals surface area contributed by atoms with Gasteiger partial charge < -0.3 is 0 Å². The van der Waals surface area contributed by atoms with Crippen LogP contribution in [0, 0.1) is 20.6 Å². The minimum Gasteiger partial charge on any atom is -0.298 e. The first-order valence-electron chi connectivity index (χ1n) is 5.94. The molecule has 0 spiro atoms. The summed E-state index contributed by atoms with van der Waals surface area (Å²) in [6.45, 7) is 2.14. The summed E-state index contributed by atoms with van der Waals surface area (Å²) >= 11 is 1.96. The summed E-state index contributed by atoms with van der Waals surface area (Å²) in [5.41, 5.74) is 1.27. The van der Waals surface area contributed by atoms with E-state index in [1.807, 2.05) is 22.6 Å². The molecule has 0 aliphatic heterocycles. The van der Waals surface area contributed by atoms with Crippen molar-refractivity contribution < 1.29 is 4.92 Å². The number of nitro benzene ring substituents is 1. The summed E-state index contributed by atoms with van der Waals surface area (Å²) in [6, 6.07) is 6.55. The summed E-state index contributed by atoms with van der Waals surface area (Å²) in [4.78, 5) is 26.7. The largest absolute Gasteiger partial charge is 0.298 e. The van der Waals surface area contributed by atoms with Crippen molar-refractivity contribution in [2.45, 2.75) is 19.9 Å². The summed E-state index contributed by atoms with van der Waals surface area (Å²) in [6.07, 6.45) is 1.90. The van der Waals surface area contributed by atoms with E-state index < -0.39 is 4.92 Å². The highest BCUT2D eigenvalue weighted by atomic mass is 127. The van der Waals surface area contributed by atoms with E-state index in [0.29, 0.717) is 27.8 Å². The third kappa shape index (κ3) is 3.03. The van der Waals surface area contributed by atoms with Crippen LogP contribution < -0.4 is 5.56 Å². The van der Waals surface area contributed by atoms with Crippen LogP contribution in [0.1, 0.15) is 11.3 Å². The Kier molecular flexibility index (Phi) is 4.48. The second-order valence-corrected chi connectivity index (χ2v) is 5.36. The minimum absolute atomic E-state index is 0.0790. The van der Waals surface area contributed by atoms with E-state index in [-0.39, 0.29) is 11.2 Å². The van der Waals surface area contributed by atoms with Crippen molar-refractivity contribution in [2.75, 3.05) is 0 Å². The van der Waals surface area contributed by atoms with Crippen molar-refractivity contribution >= 4 is 28.3 Å². The Morgan fingerprint density at radius 1 is 1.40 bits per heavy atom. The molecule has 0 saturated heterocycles. The molecule has 0 unspecified atom stereocenters. The number of para-hydroxylation sites is 1. The van der Waals surface area contributed by atoms with Crippen LogP contribution in [-0.2, 0) is 13.0 Å². The number of nitro groups is 1. The maximum atomic E-state index is 12.0. The second kappa shape index (κ2) is 6.12. The zero-order chi connectivity index (χ0) is 14.7. The second-order valence-electron chi connectivity index (χ2n) is 4.28. The highest BCUT2D eigenvalue weighted by Gasteiger charge is 2.13. The standard InChI is InChI=1S/C13H12IN3O3/c1-9-12(14)13(18)16(8-15-9)7-6-10-4-2-3-5-11(10)17(19)20/h2-5,8H,6-7H2,1H3. The van der Waals surface area contributed by atoms with Gasteiger partial charge in [0.05, 0.1) is 20.5 Å². The van der Waals surface area contributed by atoms with Gasteiger partial charge in [0.1, 0.15) is 0 Å². The van der Waals surface area contributed by atoms with E-state index in [1.165, 1.54) is 17.0 Å². The molecular weight excluding hydrogens is 373 g/mol. The lowest BCUT2D eigenvalue weighted by atomic mass is 10.1. The van der Waals surface area contributed by atoms with E-state index in [0.717, 1.165) is 0 Å². The van der Waals surface area contributed by atoms with Crippen LogP contribution in [-0.4, -0.2) is 14.5 Å². The van der Waals surface area contributed by atoms with Crippen molar-refractivity contribution in [1.29, 1.82) is 0 Å². The molecule has 0 fully saturated rings. The molecule has 1 heterocycles. The molecule has 6 nitrogen and oxygen atoms in total. The quantitative estimate of drug-likeness (QED) is 0.460. The summed E-state index contributed by atoms with van der Waals surface area (Å²) in [5.74, 6) is 0. The third-order valence-electron chi connectivity index (χ3n) is 2.97. The Morgan fingerprint density at radius 3 is 2.80 bits per heavy atom. The van der Waals surface area contributed by atoms with Crippen molar-refractivity contribution in [1.82, 2.24) is 9.55 Å². The van der Waals surface area contributed by atoms with Crippen LogP contribution in [0.2, 0.25) is 0 Å². The van der Waals surface area contributed by atoms with Gasteiger partial charge in [0.25, 0.3) is 11.2 Å². The first kappa shape index (κ1) is 14.6. The number of halogens is 1. The molecule has 0 saturated carbocycles. The van der Waals surface area contributed by atoms with E-state index in [9.17, 15) is 14.9 Å². The van der Waals surface area contributed by atoms with Gasteiger partial charge in [-0.1, -0.05) is 18.2 Å². The Hall–Kier alpha value is -1.77. The van der Waals surface area contributed by atoms with Gasteiger partial charge in [-0.3, -0.25) is 19.5 Å². The number of rotatable bonds is 4. The first-order chi connectivity index (χ1) is 9.50. The number of aromatic nitrogens is 2. The maximum Gasteiger partial charge on any atom is 0.272 e. The van der Waals surface area contributed by atoms with Gasteiger partial charge in [0.2, 0.25) is 0 Å². The van der Waals surface area contributed by atoms with Crippen molar-refractivity contribution in [2.24, 2.45) is 0 Å². The van der Waals surface area contributed by atoms with E-state index in [2.05, 4.69) is 4.98 Å². The fourth-order valence-electron chi connectivity index (χ4n) is 1.85. The summed E-state index contributed by atoms with van der Waals surface area (Å²) in [7, 11) is 0. The molecule has 0 N–H and O–H groups in total. The monoisotopic (exact) mass is 385 g/mol. The van der Waals surface area contributed by atoms with Crippen molar-refractivity contribution in [3.8, 4) is 0 Å². The number of benzene rings is 1. The number of hydrogen-bond donors (Lipinski definition) is 0. The van der Waals surface area contributed by atoms with Gasteiger partial charge in [-0.15, -0.1) is 0 Å². The Morgan fingerprint density at radius 2 is 2.10 bits per heavy atom. The van der Waals surface area contributed by atoms with Crippen LogP contribution in [0.3, 0.4) is 0 Å². The minimum atomic E-state index is -0.407. The lowest BCUT2D eigenvalue weighted by Gasteiger charge is -2.07. The smallest absolute Gasteiger partial charge is 0.272 e. The summed E-state index contributed by atoms with van der Waals surface area (Å²) in [5, 5.41) is 10.9. The molecule has 0 amide bonds. The molecule has 0 aliphatic carbocycles. The van der Waals surface area contributed by atoms with Crippen molar-refractivity contribution in [3.05, 3.63) is 65.9 Å². The Balaban J connectivity index is 2.24. The van der Waals surface area contributed by atoms with Gasteiger partial charge in [-0.05, 0) is 35.9 Å². The van der Waals surface area contributed by atoms with E-state index in [4.69, 9.17) is 0 Å². The first-order valence-corrected chi connectivity index (χ1v) is 7.02. The van der Waals surface area contributed by atoms with Crippen molar-refractivity contribution in [3.63, 3.8) is 0 Å². The van der Waals surface area contributed by atoms with Gasteiger partial charge in [-0.2, -0.15) is 0 Å². The zero-order valence-electron chi connectivity index (χ0n) is 10.7. The molecule has 2 rings (SSSR count). The van der Waals surface area contributed by atoms with Crippen LogP contribution in [0.15, 0.2) is 35.4 Å². The topological polar surface area (TPSA) is 78.0 Å². The molecule has 2 aromatic rings. The molecule has 0 aliphatic rings. The van der Waals surface area contributed by atoms with E-state index in [1.54, 1.807) is 25.1 Å². The predicted octanol–water partition coefficient (Wildman–Crippen LogP) is 2.31. The van der Waals surface area contributed by atoms with Crippen LogP contribution in [0.25, 0.3) is 0 Å². The third-order valence-corrected chi connectivity index (χ3v) is 4.21. The molecule has 104 valence electrons. The number of aryl methyl sites for hydroxylation is 3. The lowest BCUT2D eigenvalue weighted by molar-refractivity contribution is -0.385. The molecule has 0 bridgehead atoms. The average molecular weight is 385 g/mol. The average Bonchev–Trinajstić information content (AvgIpc) is 2.44. The van der Waals surface area contributed by atoms with Gasteiger partial charge in [0, 0.05) is 18.2 Å². The molecule has 1 aromatic carbocycles. The zero-order valence-corrected chi connectivity index (χ0v) is 12.9. The predicted molar refractivity (Wildman–Crippen MR) is 82.8 cm³/mol. The van der Waals surface area contributed by atoms with E-state index >= 15 is 0 Å². The maximum absolute atomic E-state index is 12.0. The van der Waals surface area contributed by atoms with Gasteiger partial charge >= 0.3 is 0 Å². The molecule has 0 atom stereocenters. The number of hydrogen-bond acceptors (Lipinski definition) is 4. The van der Waals surface area contributed by atoms with Crippen LogP contribution in [0.5, 0.6) is 0 Å². The normalized spacial score (nSPS) is 10.5. The fourth-order valence-corrected chi connectivity index (χ4v) is 2.30. The Bertz CT molecular complexity index is 712. The van der Waals surface area contributed by atoms with Gasteiger partial charge in [-0.25, -0.2) is 4.98 Å². The SMILES string of the molecule is Cc1ncn(CCc2ccccc2[N+](=O)[O-])c(=O)c1I. The summed E-state index contributed by atoms with van der Waals surface area (Å²) < 4.78 is 2.05. The molecule has 7 heteroatoms. The van der Waals surface area contributed by atoms with Crippen LogP contribution >= 0.6 is 22.6 Å². The Labute approximate surface area is 128 Å². The molecule has 20 heavy (non-hydrogen) atoms.